The first-order valence-electron chi connectivity index (χ1n) is 8.35. The monoisotopic (exact) mass is 392 g/mol. The number of aromatic amines is 1. The number of aromatic nitrogens is 3. The summed E-state index contributed by atoms with van der Waals surface area (Å²) >= 11 is 5.65. The molecular formula is C18H18ClFN4O3. The van der Waals surface area contributed by atoms with Crippen molar-refractivity contribution in [3.8, 4) is 5.75 Å². The Bertz CT molecular complexity index is 948. The Labute approximate surface area is 159 Å². The van der Waals surface area contributed by atoms with Gasteiger partial charge in [-0.3, -0.25) is 4.79 Å². The summed E-state index contributed by atoms with van der Waals surface area (Å²) in [6, 6.07) is 7.35. The summed E-state index contributed by atoms with van der Waals surface area (Å²) in [6.45, 7) is 1.36. The molecule has 27 heavy (non-hydrogen) atoms. The highest BCUT2D eigenvalue weighted by Crippen LogP contribution is 2.22. The Morgan fingerprint density at radius 3 is 3.04 bits per heavy atom. The van der Waals surface area contributed by atoms with Gasteiger partial charge in [-0.1, -0.05) is 0 Å². The minimum absolute atomic E-state index is 0.0168. The molecule has 0 atom stereocenters. The third-order valence-corrected chi connectivity index (χ3v) is 4.02. The molecule has 3 rings (SSSR count). The first-order valence-corrected chi connectivity index (χ1v) is 8.73. The molecule has 3 N–H and O–H groups in total. The lowest BCUT2D eigenvalue weighted by atomic mass is 10.2. The van der Waals surface area contributed by atoms with Gasteiger partial charge >= 0.3 is 5.97 Å². The molecule has 2 aromatic heterocycles. The van der Waals surface area contributed by atoms with Crippen molar-refractivity contribution in [2.24, 2.45) is 0 Å². The fraction of sp³-hybridized carbons (Fsp3) is 0.278. The van der Waals surface area contributed by atoms with Crippen molar-refractivity contribution in [1.82, 2.24) is 20.3 Å². The number of hydrogen-bond acceptors (Lipinski definition) is 5. The minimum atomic E-state index is -0.880. The molecule has 0 radical (unpaired) electrons. The van der Waals surface area contributed by atoms with E-state index in [9.17, 15) is 9.18 Å². The van der Waals surface area contributed by atoms with Gasteiger partial charge in [-0.15, -0.1) is 0 Å². The number of H-pyrrole nitrogens is 1. The van der Waals surface area contributed by atoms with Crippen molar-refractivity contribution in [3.63, 3.8) is 0 Å². The molecule has 0 saturated heterocycles. The molecule has 0 amide bonds. The van der Waals surface area contributed by atoms with E-state index in [4.69, 9.17) is 21.4 Å². The Hall–Kier alpha value is -2.71. The average molecular weight is 393 g/mol. The number of carbonyl (C=O) groups is 1. The molecule has 3 aromatic rings. The van der Waals surface area contributed by atoms with Crippen LogP contribution in [0.5, 0.6) is 5.75 Å². The van der Waals surface area contributed by atoms with Crippen LogP contribution in [0, 0.1) is 5.82 Å². The highest BCUT2D eigenvalue weighted by molar-refractivity contribution is 6.28. The molecule has 0 saturated carbocycles. The van der Waals surface area contributed by atoms with Crippen molar-refractivity contribution in [1.29, 1.82) is 0 Å². The van der Waals surface area contributed by atoms with Crippen LogP contribution in [0.2, 0.25) is 5.28 Å². The maximum Gasteiger partial charge on any atom is 0.309 e. The van der Waals surface area contributed by atoms with Crippen molar-refractivity contribution in [2.45, 2.75) is 19.4 Å². The lowest BCUT2D eigenvalue weighted by Gasteiger charge is -2.08. The fourth-order valence-electron chi connectivity index (χ4n) is 2.61. The molecule has 0 fully saturated rings. The number of nitrogens with one attached hydrogen (secondary N) is 2. The predicted molar refractivity (Wildman–Crippen MR) is 98.5 cm³/mol. The summed E-state index contributed by atoms with van der Waals surface area (Å²) in [5, 5.41) is 12.8. The molecule has 0 aliphatic heterocycles. The molecule has 0 unspecified atom stereocenters. The molecule has 2 heterocycles. The Balaban J connectivity index is 1.43. The number of rotatable bonds is 9. The zero-order valence-corrected chi connectivity index (χ0v) is 15.1. The van der Waals surface area contributed by atoms with Gasteiger partial charge < -0.3 is 20.1 Å². The first kappa shape index (κ1) is 19.1. The fourth-order valence-corrected chi connectivity index (χ4v) is 2.77. The molecule has 0 aliphatic carbocycles. The van der Waals surface area contributed by atoms with Crippen molar-refractivity contribution < 1.29 is 19.0 Å². The summed E-state index contributed by atoms with van der Waals surface area (Å²) < 4.78 is 19.2. The number of carboxylic acids is 1. The molecule has 7 nitrogen and oxygen atoms in total. The molecule has 1 aromatic carbocycles. The van der Waals surface area contributed by atoms with E-state index in [1.165, 1.54) is 0 Å². The van der Waals surface area contributed by atoms with E-state index in [1.807, 2.05) is 18.2 Å². The van der Waals surface area contributed by atoms with E-state index < -0.39 is 11.8 Å². The smallest absolute Gasteiger partial charge is 0.309 e. The van der Waals surface area contributed by atoms with Crippen LogP contribution in [-0.2, 0) is 17.8 Å². The van der Waals surface area contributed by atoms with Gasteiger partial charge in [-0.05, 0) is 48.8 Å². The molecule has 142 valence electrons. The van der Waals surface area contributed by atoms with Gasteiger partial charge in [0.1, 0.15) is 5.75 Å². The van der Waals surface area contributed by atoms with Crippen molar-refractivity contribution in [2.75, 3.05) is 13.2 Å². The average Bonchev–Trinajstić information content (AvgIpc) is 3.01. The molecular weight excluding hydrogens is 375 g/mol. The standard InChI is InChI=1S/C18H18ClFN4O3/c19-18-22-9-14(20)16(24-18)10-21-4-1-5-27-13-2-3-15-11(7-13)6-12(23-15)8-17(25)26/h2-3,6-7,9,21,23H,1,4-5,8,10H2,(H,25,26). The molecule has 0 aliphatic rings. The second-order valence-electron chi connectivity index (χ2n) is 5.93. The van der Waals surface area contributed by atoms with Gasteiger partial charge in [0.2, 0.25) is 5.28 Å². The highest BCUT2D eigenvalue weighted by atomic mass is 35.5. The number of halogens is 2. The van der Waals surface area contributed by atoms with Gasteiger partial charge in [0.05, 0.1) is 24.9 Å². The van der Waals surface area contributed by atoms with Gasteiger partial charge in [0, 0.05) is 23.1 Å². The van der Waals surface area contributed by atoms with E-state index >= 15 is 0 Å². The van der Waals surface area contributed by atoms with Gasteiger partial charge in [-0.25, -0.2) is 14.4 Å². The van der Waals surface area contributed by atoms with Gasteiger partial charge in [0.15, 0.2) is 5.82 Å². The maximum atomic E-state index is 13.5. The molecule has 9 heteroatoms. The Kier molecular flexibility index (Phi) is 6.20. The van der Waals surface area contributed by atoms with Crippen LogP contribution < -0.4 is 10.1 Å². The zero-order chi connectivity index (χ0) is 19.2. The molecule has 0 bridgehead atoms. The van der Waals surface area contributed by atoms with Gasteiger partial charge in [0.25, 0.3) is 0 Å². The van der Waals surface area contributed by atoms with E-state index in [-0.39, 0.29) is 23.9 Å². The topological polar surface area (TPSA) is 100 Å². The van der Waals surface area contributed by atoms with Crippen LogP contribution in [0.3, 0.4) is 0 Å². The van der Waals surface area contributed by atoms with Crippen LogP contribution in [0.1, 0.15) is 17.8 Å². The number of fused-ring (bicyclic) bond motifs is 1. The summed E-state index contributed by atoms with van der Waals surface area (Å²) in [4.78, 5) is 21.2. The number of hydrogen-bond donors (Lipinski definition) is 3. The third-order valence-electron chi connectivity index (χ3n) is 3.84. The Morgan fingerprint density at radius 2 is 2.22 bits per heavy atom. The maximum absolute atomic E-state index is 13.5. The lowest BCUT2D eigenvalue weighted by molar-refractivity contribution is -0.136. The summed E-state index contributed by atoms with van der Waals surface area (Å²) in [5.41, 5.74) is 1.74. The Morgan fingerprint density at radius 1 is 1.37 bits per heavy atom. The number of benzene rings is 1. The van der Waals surface area contributed by atoms with E-state index in [0.717, 1.165) is 23.5 Å². The lowest BCUT2D eigenvalue weighted by Crippen LogP contribution is -2.18. The summed E-state index contributed by atoms with van der Waals surface area (Å²) in [5.74, 6) is -0.670. The van der Waals surface area contributed by atoms with Crippen molar-refractivity contribution >= 4 is 28.5 Å². The van der Waals surface area contributed by atoms with Crippen molar-refractivity contribution in [3.05, 3.63) is 53.0 Å². The van der Waals surface area contributed by atoms with Crippen LogP contribution in [-0.4, -0.2) is 39.2 Å². The normalized spacial score (nSPS) is 11.0. The van der Waals surface area contributed by atoms with Crippen LogP contribution in [0.15, 0.2) is 30.5 Å². The van der Waals surface area contributed by atoms with E-state index in [1.54, 1.807) is 6.07 Å². The quantitative estimate of drug-likeness (QED) is 0.382. The first-order chi connectivity index (χ1) is 13.0. The van der Waals surface area contributed by atoms with Crippen LogP contribution in [0.4, 0.5) is 4.39 Å². The van der Waals surface area contributed by atoms with E-state index in [0.29, 0.717) is 24.6 Å². The highest BCUT2D eigenvalue weighted by Gasteiger charge is 2.07. The minimum Gasteiger partial charge on any atom is -0.494 e. The van der Waals surface area contributed by atoms with E-state index in [2.05, 4.69) is 20.3 Å². The SMILES string of the molecule is O=C(O)Cc1cc2cc(OCCCNCc3nc(Cl)ncc3F)ccc2[nH]1. The number of ether oxygens (including phenoxy) is 1. The number of carboxylic acid groups (broad SMARTS) is 1. The largest absolute Gasteiger partial charge is 0.494 e. The third kappa shape index (κ3) is 5.38. The second-order valence-corrected chi connectivity index (χ2v) is 6.26. The number of nitrogens with zero attached hydrogens (tertiary/aromatic N) is 2. The zero-order valence-electron chi connectivity index (χ0n) is 14.3. The molecule has 0 spiro atoms. The van der Waals surface area contributed by atoms with Crippen LogP contribution in [0.25, 0.3) is 10.9 Å². The van der Waals surface area contributed by atoms with Crippen LogP contribution >= 0.6 is 11.6 Å². The summed E-state index contributed by atoms with van der Waals surface area (Å²) in [6.07, 6.45) is 1.72. The predicted octanol–water partition coefficient (Wildman–Crippen LogP) is 2.94. The summed E-state index contributed by atoms with van der Waals surface area (Å²) in [7, 11) is 0. The number of aliphatic carboxylic acids is 1. The second kappa shape index (κ2) is 8.79. The van der Waals surface area contributed by atoms with Gasteiger partial charge in [-0.2, -0.15) is 0 Å².